The van der Waals surface area contributed by atoms with Crippen LogP contribution in [-0.2, 0) is 6.54 Å². The number of nitrogens with one attached hydrogen (secondary N) is 2. The number of nitrogens with zero attached hydrogens (tertiary/aromatic N) is 2. The van der Waals surface area contributed by atoms with Crippen molar-refractivity contribution in [3.8, 4) is 11.6 Å². The average molecular weight is 371 g/mol. The first-order valence-corrected chi connectivity index (χ1v) is 8.34. The maximum Gasteiger partial charge on any atom is 0.238 e. The highest BCUT2D eigenvalue weighted by Crippen LogP contribution is 2.18. The highest BCUT2D eigenvalue weighted by molar-refractivity contribution is 7.80. The second-order valence-corrected chi connectivity index (χ2v) is 5.89. The van der Waals surface area contributed by atoms with Gasteiger partial charge in [0.05, 0.1) is 0 Å². The molecule has 5 nitrogen and oxygen atoms in total. The summed E-state index contributed by atoms with van der Waals surface area (Å²) in [6.45, 7) is 0.522. The molecule has 0 radical (unpaired) electrons. The number of halogens is 1. The molecule has 0 aliphatic carbocycles. The van der Waals surface area contributed by atoms with Crippen LogP contribution >= 0.6 is 23.8 Å². The van der Waals surface area contributed by atoms with Crippen LogP contribution in [0.2, 0.25) is 5.02 Å². The Morgan fingerprint density at radius 2 is 1.72 bits per heavy atom. The Hall–Kier alpha value is -2.70. The Morgan fingerprint density at radius 3 is 2.44 bits per heavy atom. The first-order chi connectivity index (χ1) is 12.2. The zero-order chi connectivity index (χ0) is 17.5. The van der Waals surface area contributed by atoms with Crippen molar-refractivity contribution >= 4 is 34.7 Å². The van der Waals surface area contributed by atoms with Crippen molar-refractivity contribution < 1.29 is 4.74 Å². The molecule has 2 N–H and O–H groups in total. The topological polar surface area (TPSA) is 59.1 Å². The Labute approximate surface area is 156 Å². The first-order valence-electron chi connectivity index (χ1n) is 7.55. The lowest BCUT2D eigenvalue weighted by atomic mass is 10.2. The van der Waals surface area contributed by atoms with Gasteiger partial charge in [-0.15, -0.1) is 10.2 Å². The van der Waals surface area contributed by atoms with Crippen LogP contribution in [0.3, 0.4) is 0 Å². The lowest BCUT2D eigenvalue weighted by Gasteiger charge is -2.11. The molecule has 0 saturated heterocycles. The summed E-state index contributed by atoms with van der Waals surface area (Å²) < 4.78 is 5.59. The molecular weight excluding hydrogens is 356 g/mol. The second-order valence-electron chi connectivity index (χ2n) is 5.07. The number of para-hydroxylation sites is 1. The number of thiocarbonyl (C=S) groups is 1. The maximum absolute atomic E-state index is 6.11. The van der Waals surface area contributed by atoms with Crippen LogP contribution in [0.5, 0.6) is 11.6 Å². The summed E-state index contributed by atoms with van der Waals surface area (Å²) in [4.78, 5) is 0. The van der Waals surface area contributed by atoms with Gasteiger partial charge in [-0.3, -0.25) is 0 Å². The molecule has 2 aromatic carbocycles. The van der Waals surface area contributed by atoms with Crippen molar-refractivity contribution in [2.24, 2.45) is 0 Å². The van der Waals surface area contributed by atoms with Crippen LogP contribution < -0.4 is 15.4 Å². The third-order valence-electron chi connectivity index (χ3n) is 3.24. The van der Waals surface area contributed by atoms with E-state index in [2.05, 4.69) is 20.8 Å². The van der Waals surface area contributed by atoms with Crippen molar-refractivity contribution in [3.05, 3.63) is 77.3 Å². The Morgan fingerprint density at radius 1 is 0.960 bits per heavy atom. The Bertz CT molecular complexity index is 843. The standard InChI is InChI=1S/C18H15ClN4OS/c19-15-9-5-4-6-13(15)12-20-18(25)21-16-10-11-17(23-22-16)24-14-7-2-1-3-8-14/h1-11H,12H2,(H2,20,21,22,25). The summed E-state index contributed by atoms with van der Waals surface area (Å²) >= 11 is 11.4. The van der Waals surface area contributed by atoms with Crippen molar-refractivity contribution in [2.75, 3.05) is 5.32 Å². The number of hydrogen-bond donors (Lipinski definition) is 2. The highest BCUT2D eigenvalue weighted by atomic mass is 35.5. The molecular formula is C18H15ClN4OS. The van der Waals surface area contributed by atoms with Gasteiger partial charge in [0, 0.05) is 17.6 Å². The fraction of sp³-hybridized carbons (Fsp3) is 0.0556. The predicted molar refractivity (Wildman–Crippen MR) is 103 cm³/mol. The number of aromatic nitrogens is 2. The van der Waals surface area contributed by atoms with Crippen molar-refractivity contribution in [2.45, 2.75) is 6.54 Å². The number of benzene rings is 2. The minimum absolute atomic E-state index is 0.409. The van der Waals surface area contributed by atoms with Gasteiger partial charge in [-0.25, -0.2) is 0 Å². The third kappa shape index (κ3) is 5.14. The number of hydrogen-bond acceptors (Lipinski definition) is 4. The quantitative estimate of drug-likeness (QED) is 0.649. The van der Waals surface area contributed by atoms with Gasteiger partial charge in [-0.2, -0.15) is 0 Å². The zero-order valence-electron chi connectivity index (χ0n) is 13.1. The molecule has 0 aliphatic rings. The number of rotatable bonds is 5. The molecule has 0 atom stereocenters. The first kappa shape index (κ1) is 17.1. The molecule has 0 fully saturated rings. The van der Waals surface area contributed by atoms with Crippen LogP contribution in [-0.4, -0.2) is 15.3 Å². The van der Waals surface area contributed by atoms with Crippen molar-refractivity contribution in [3.63, 3.8) is 0 Å². The lowest BCUT2D eigenvalue weighted by Crippen LogP contribution is -2.28. The average Bonchev–Trinajstić information content (AvgIpc) is 2.64. The van der Waals surface area contributed by atoms with Gasteiger partial charge in [-0.05, 0) is 42.0 Å². The second kappa shape index (κ2) is 8.41. The van der Waals surface area contributed by atoms with E-state index in [1.807, 2.05) is 54.6 Å². The predicted octanol–water partition coefficient (Wildman–Crippen LogP) is 4.41. The van der Waals surface area contributed by atoms with Crippen LogP contribution in [0.15, 0.2) is 66.7 Å². The Balaban J connectivity index is 1.52. The molecule has 0 spiro atoms. The summed E-state index contributed by atoms with van der Waals surface area (Å²) in [7, 11) is 0. The van der Waals surface area contributed by atoms with Crippen LogP contribution in [0.1, 0.15) is 5.56 Å². The van der Waals surface area contributed by atoms with Gasteiger partial charge >= 0.3 is 0 Å². The normalized spacial score (nSPS) is 10.1. The third-order valence-corrected chi connectivity index (χ3v) is 3.86. The largest absolute Gasteiger partial charge is 0.438 e. The van der Waals surface area contributed by atoms with E-state index >= 15 is 0 Å². The number of anilines is 1. The van der Waals surface area contributed by atoms with E-state index in [0.717, 1.165) is 5.56 Å². The van der Waals surface area contributed by atoms with Gasteiger partial charge in [0.25, 0.3) is 0 Å². The summed E-state index contributed by atoms with van der Waals surface area (Å²) in [5.74, 6) is 1.64. The number of ether oxygens (including phenoxy) is 1. The fourth-order valence-corrected chi connectivity index (χ4v) is 2.41. The molecule has 7 heteroatoms. The molecule has 0 unspecified atom stereocenters. The van der Waals surface area contributed by atoms with Crippen LogP contribution in [0, 0.1) is 0 Å². The molecule has 0 bridgehead atoms. The summed E-state index contributed by atoms with van der Waals surface area (Å²) in [6, 6.07) is 20.5. The van der Waals surface area contributed by atoms with Gasteiger partial charge in [0.1, 0.15) is 5.75 Å². The molecule has 25 heavy (non-hydrogen) atoms. The van der Waals surface area contributed by atoms with E-state index in [0.29, 0.717) is 34.1 Å². The monoisotopic (exact) mass is 370 g/mol. The summed E-state index contributed by atoms with van der Waals surface area (Å²) in [6.07, 6.45) is 0. The summed E-state index contributed by atoms with van der Waals surface area (Å²) in [5, 5.41) is 15.2. The van der Waals surface area contributed by atoms with Gasteiger partial charge in [0.2, 0.25) is 5.88 Å². The van der Waals surface area contributed by atoms with E-state index in [4.69, 9.17) is 28.6 Å². The molecule has 0 saturated carbocycles. The van der Waals surface area contributed by atoms with Gasteiger partial charge in [-0.1, -0.05) is 48.0 Å². The van der Waals surface area contributed by atoms with Gasteiger partial charge in [0.15, 0.2) is 10.9 Å². The molecule has 3 aromatic rings. The molecule has 0 aliphatic heterocycles. The van der Waals surface area contributed by atoms with E-state index in [-0.39, 0.29) is 0 Å². The fourth-order valence-electron chi connectivity index (χ4n) is 2.03. The Kier molecular flexibility index (Phi) is 5.77. The molecule has 126 valence electrons. The van der Waals surface area contributed by atoms with Gasteiger partial charge < -0.3 is 15.4 Å². The SMILES string of the molecule is S=C(NCc1ccccc1Cl)Nc1ccc(Oc2ccccc2)nn1. The minimum atomic E-state index is 0.409. The van der Waals surface area contributed by atoms with Crippen molar-refractivity contribution in [1.29, 1.82) is 0 Å². The van der Waals surface area contributed by atoms with E-state index in [9.17, 15) is 0 Å². The lowest BCUT2D eigenvalue weighted by molar-refractivity contribution is 0.455. The van der Waals surface area contributed by atoms with E-state index in [1.165, 1.54) is 0 Å². The molecule has 3 rings (SSSR count). The van der Waals surface area contributed by atoms with Crippen LogP contribution in [0.25, 0.3) is 0 Å². The van der Waals surface area contributed by atoms with E-state index < -0.39 is 0 Å². The molecule has 1 aromatic heterocycles. The van der Waals surface area contributed by atoms with Crippen LogP contribution in [0.4, 0.5) is 5.82 Å². The zero-order valence-corrected chi connectivity index (χ0v) is 14.7. The van der Waals surface area contributed by atoms with Crippen molar-refractivity contribution in [1.82, 2.24) is 15.5 Å². The highest BCUT2D eigenvalue weighted by Gasteiger charge is 2.04. The minimum Gasteiger partial charge on any atom is -0.438 e. The molecule has 1 heterocycles. The smallest absolute Gasteiger partial charge is 0.238 e. The maximum atomic E-state index is 6.11. The molecule has 0 amide bonds. The summed E-state index contributed by atoms with van der Waals surface area (Å²) in [5.41, 5.74) is 0.964. The van der Waals surface area contributed by atoms with E-state index in [1.54, 1.807) is 12.1 Å².